The fourth-order valence-corrected chi connectivity index (χ4v) is 4.68. The van der Waals surface area contributed by atoms with Gasteiger partial charge in [-0.05, 0) is 56.4 Å². The number of carbonyl (C=O) groups is 1. The van der Waals surface area contributed by atoms with E-state index in [1.165, 1.54) is 17.5 Å². The molecule has 1 fully saturated rings. The number of amides is 1. The van der Waals surface area contributed by atoms with Gasteiger partial charge in [0.2, 0.25) is 0 Å². The van der Waals surface area contributed by atoms with Gasteiger partial charge in [-0.25, -0.2) is 0 Å². The van der Waals surface area contributed by atoms with Crippen LogP contribution in [0.3, 0.4) is 0 Å². The van der Waals surface area contributed by atoms with E-state index in [2.05, 4.69) is 29.2 Å². The second-order valence-electron chi connectivity index (χ2n) is 7.93. The van der Waals surface area contributed by atoms with Gasteiger partial charge in [0.1, 0.15) is 5.56 Å². The molecule has 5 nitrogen and oxygen atoms in total. The molecular weight excluding hydrogens is 350 g/mol. The summed E-state index contributed by atoms with van der Waals surface area (Å²) in [5.41, 5.74) is 3.98. The Morgan fingerprint density at radius 3 is 2.46 bits per heavy atom. The third-order valence-electron chi connectivity index (χ3n) is 6.38. The Bertz CT molecular complexity index is 926. The molecule has 1 aromatic heterocycles. The molecule has 2 heterocycles. The average Bonchev–Trinajstić information content (AvgIpc) is 2.73. The summed E-state index contributed by atoms with van der Waals surface area (Å²) in [5, 5.41) is 0. The summed E-state index contributed by atoms with van der Waals surface area (Å²) in [6.45, 7) is 7.57. The molecule has 28 heavy (non-hydrogen) atoms. The van der Waals surface area contributed by atoms with Crippen LogP contribution in [0.15, 0.2) is 41.2 Å². The highest BCUT2D eigenvalue weighted by atomic mass is 16.2. The van der Waals surface area contributed by atoms with E-state index in [1.807, 2.05) is 24.8 Å². The number of carbonyl (C=O) groups excluding carboxylic acids is 1. The molecule has 0 unspecified atom stereocenters. The first-order valence-corrected chi connectivity index (χ1v) is 10.4. The van der Waals surface area contributed by atoms with Crippen molar-refractivity contribution in [1.82, 2.24) is 14.4 Å². The van der Waals surface area contributed by atoms with E-state index in [4.69, 9.17) is 0 Å². The molecule has 5 heteroatoms. The summed E-state index contributed by atoms with van der Waals surface area (Å²) >= 11 is 0. The molecule has 2 aliphatic rings. The fraction of sp³-hybridized carbons (Fsp3) is 0.478. The zero-order valence-electron chi connectivity index (χ0n) is 16.9. The van der Waals surface area contributed by atoms with Gasteiger partial charge in [-0.3, -0.25) is 14.5 Å². The van der Waals surface area contributed by atoms with Crippen LogP contribution < -0.4 is 5.56 Å². The molecule has 1 aromatic carbocycles. The van der Waals surface area contributed by atoms with E-state index in [0.717, 1.165) is 31.6 Å². The highest BCUT2D eigenvalue weighted by molar-refractivity contribution is 5.94. The maximum Gasteiger partial charge on any atom is 0.263 e. The number of piperazine rings is 1. The maximum atomic E-state index is 12.9. The molecule has 0 N–H and O–H groups in total. The third kappa shape index (κ3) is 3.51. The van der Waals surface area contributed by atoms with Crippen molar-refractivity contribution >= 4 is 5.91 Å². The van der Waals surface area contributed by atoms with Crippen LogP contribution in [-0.4, -0.2) is 52.5 Å². The predicted octanol–water partition coefficient (Wildman–Crippen LogP) is 2.49. The average molecular weight is 380 g/mol. The van der Waals surface area contributed by atoms with Gasteiger partial charge in [0.05, 0.1) is 0 Å². The van der Waals surface area contributed by atoms with E-state index in [1.54, 1.807) is 10.6 Å². The van der Waals surface area contributed by atoms with Gasteiger partial charge < -0.3 is 9.47 Å². The summed E-state index contributed by atoms with van der Waals surface area (Å²) in [7, 11) is 0. The summed E-state index contributed by atoms with van der Waals surface area (Å²) in [5.74, 6) is -0.124. The first-order valence-electron chi connectivity index (χ1n) is 10.4. The van der Waals surface area contributed by atoms with E-state index in [-0.39, 0.29) is 11.5 Å². The van der Waals surface area contributed by atoms with Gasteiger partial charge in [0.25, 0.3) is 11.5 Å². The topological polar surface area (TPSA) is 45.6 Å². The van der Waals surface area contributed by atoms with Crippen molar-refractivity contribution in [1.29, 1.82) is 0 Å². The Morgan fingerprint density at radius 1 is 1.04 bits per heavy atom. The SMILES string of the molecule is CCn1c(C)ccc(C(=O)N2CCN([C@@H]3CCc4ccccc4C3)CC2)c1=O. The van der Waals surface area contributed by atoms with Crippen LogP contribution in [0.4, 0.5) is 0 Å². The van der Waals surface area contributed by atoms with Crippen molar-refractivity contribution in [2.24, 2.45) is 0 Å². The lowest BCUT2D eigenvalue weighted by atomic mass is 9.87. The number of aryl methyl sites for hydroxylation is 2. The highest BCUT2D eigenvalue weighted by Crippen LogP contribution is 2.25. The third-order valence-corrected chi connectivity index (χ3v) is 6.38. The zero-order valence-corrected chi connectivity index (χ0v) is 16.9. The van der Waals surface area contributed by atoms with Gasteiger partial charge in [-0.15, -0.1) is 0 Å². The number of nitrogens with zero attached hydrogens (tertiary/aromatic N) is 3. The Hall–Kier alpha value is -2.40. The minimum Gasteiger partial charge on any atom is -0.336 e. The highest BCUT2D eigenvalue weighted by Gasteiger charge is 2.29. The zero-order chi connectivity index (χ0) is 19.7. The number of rotatable bonds is 3. The predicted molar refractivity (Wildman–Crippen MR) is 111 cm³/mol. The molecule has 1 aliphatic heterocycles. The van der Waals surface area contributed by atoms with E-state index >= 15 is 0 Å². The molecule has 1 amide bonds. The van der Waals surface area contributed by atoms with E-state index < -0.39 is 0 Å². The van der Waals surface area contributed by atoms with Crippen molar-refractivity contribution < 1.29 is 4.79 Å². The van der Waals surface area contributed by atoms with E-state index in [0.29, 0.717) is 31.2 Å². The van der Waals surface area contributed by atoms with Gasteiger partial charge in [0, 0.05) is 44.5 Å². The lowest BCUT2D eigenvalue weighted by molar-refractivity contribution is 0.0551. The second kappa shape index (κ2) is 7.92. The van der Waals surface area contributed by atoms with Crippen LogP contribution >= 0.6 is 0 Å². The quantitative estimate of drug-likeness (QED) is 0.823. The number of aromatic nitrogens is 1. The van der Waals surface area contributed by atoms with Crippen LogP contribution in [-0.2, 0) is 19.4 Å². The standard InChI is InChI=1S/C23H29N3O2/c1-3-26-17(2)8-11-21(23(26)28)22(27)25-14-12-24(13-15-25)20-10-9-18-6-4-5-7-19(18)16-20/h4-8,11,20H,3,9-10,12-16H2,1-2H3/t20-/m1/s1. The molecular formula is C23H29N3O2. The summed E-state index contributed by atoms with van der Waals surface area (Å²) in [4.78, 5) is 30.0. The lowest BCUT2D eigenvalue weighted by Crippen LogP contribution is -2.53. The fourth-order valence-electron chi connectivity index (χ4n) is 4.68. The van der Waals surface area contributed by atoms with Crippen molar-refractivity contribution in [3.8, 4) is 0 Å². The Balaban J connectivity index is 1.41. The minimum atomic E-state index is -0.168. The second-order valence-corrected chi connectivity index (χ2v) is 7.93. The molecule has 0 radical (unpaired) electrons. The van der Waals surface area contributed by atoms with Crippen molar-refractivity contribution in [2.75, 3.05) is 26.2 Å². The molecule has 0 spiro atoms. The molecule has 0 saturated carbocycles. The van der Waals surface area contributed by atoms with E-state index in [9.17, 15) is 9.59 Å². The number of hydrogen-bond acceptors (Lipinski definition) is 3. The van der Waals surface area contributed by atoms with Gasteiger partial charge in [-0.2, -0.15) is 0 Å². The normalized spacial score (nSPS) is 20.1. The van der Waals surface area contributed by atoms with Crippen molar-refractivity contribution in [2.45, 2.75) is 45.7 Å². The number of hydrogen-bond donors (Lipinski definition) is 0. The van der Waals surface area contributed by atoms with Crippen LogP contribution in [0, 0.1) is 6.92 Å². The van der Waals surface area contributed by atoms with Crippen molar-refractivity contribution in [3.05, 3.63) is 69.1 Å². The summed E-state index contributed by atoms with van der Waals surface area (Å²) < 4.78 is 1.67. The van der Waals surface area contributed by atoms with Crippen LogP contribution in [0.1, 0.15) is 40.5 Å². The first-order chi connectivity index (χ1) is 13.6. The largest absolute Gasteiger partial charge is 0.336 e. The van der Waals surface area contributed by atoms with Gasteiger partial charge in [-0.1, -0.05) is 24.3 Å². The van der Waals surface area contributed by atoms with Crippen LogP contribution in [0.2, 0.25) is 0 Å². The molecule has 4 rings (SSSR count). The van der Waals surface area contributed by atoms with Crippen LogP contribution in [0.25, 0.3) is 0 Å². The lowest BCUT2D eigenvalue weighted by Gasteiger charge is -2.41. The number of pyridine rings is 1. The molecule has 1 aliphatic carbocycles. The van der Waals surface area contributed by atoms with Crippen LogP contribution in [0.5, 0.6) is 0 Å². The Labute approximate surface area is 166 Å². The molecule has 1 atom stereocenters. The first kappa shape index (κ1) is 18.9. The summed E-state index contributed by atoms with van der Waals surface area (Å²) in [6, 6.07) is 12.9. The number of fused-ring (bicyclic) bond motifs is 1. The van der Waals surface area contributed by atoms with Gasteiger partial charge in [0.15, 0.2) is 0 Å². The molecule has 2 aromatic rings. The maximum absolute atomic E-state index is 12.9. The Kier molecular flexibility index (Phi) is 5.36. The smallest absolute Gasteiger partial charge is 0.263 e. The number of benzene rings is 1. The molecule has 1 saturated heterocycles. The Morgan fingerprint density at radius 2 is 1.75 bits per heavy atom. The molecule has 0 bridgehead atoms. The molecule has 148 valence electrons. The summed E-state index contributed by atoms with van der Waals surface area (Å²) in [6.07, 6.45) is 3.42. The van der Waals surface area contributed by atoms with Gasteiger partial charge >= 0.3 is 0 Å². The monoisotopic (exact) mass is 379 g/mol. The van der Waals surface area contributed by atoms with Crippen molar-refractivity contribution in [3.63, 3.8) is 0 Å². The minimum absolute atomic E-state index is 0.124.